The minimum atomic E-state index is -1.49. The smallest absolute Gasteiger partial charge is 0.332 e. The van der Waals surface area contributed by atoms with Gasteiger partial charge in [-0.05, 0) is 277 Å². The van der Waals surface area contributed by atoms with Gasteiger partial charge in [0, 0.05) is 47.0 Å². The molecule has 124 heavy (non-hydrogen) atoms. The molecule has 0 unspecified atom stereocenters. The number of esters is 3. The third kappa shape index (κ3) is 41.9. The number of benzene rings is 9. The van der Waals surface area contributed by atoms with Gasteiger partial charge >= 0.3 is 37.3 Å². The number of carbonyl (C=O) groups excluding carboxylic acids is 3. The maximum atomic E-state index is 14.1. The predicted molar refractivity (Wildman–Crippen MR) is 499 cm³/mol. The summed E-state index contributed by atoms with van der Waals surface area (Å²) in [6.07, 6.45) is 1.89. The molecule has 0 aromatic heterocycles. The molecule has 8 N–H and O–H groups in total. The number of carboxylic acid groups (broad SMARTS) is 2. The van der Waals surface area contributed by atoms with Crippen molar-refractivity contribution < 1.29 is 90.0 Å². The summed E-state index contributed by atoms with van der Waals surface area (Å²) >= 11 is 18.5. The van der Waals surface area contributed by atoms with E-state index < -0.39 is 87.7 Å². The third-order valence-electron chi connectivity index (χ3n) is 17.1. The monoisotopic (exact) mass is 2090 g/mol. The van der Waals surface area contributed by atoms with Crippen molar-refractivity contribution in [2.45, 2.75) is 180 Å². The third-order valence-corrected chi connectivity index (χ3v) is 20.9. The van der Waals surface area contributed by atoms with E-state index in [4.69, 9.17) is 55.4 Å². The van der Waals surface area contributed by atoms with Gasteiger partial charge in [-0.2, -0.15) is 0 Å². The van der Waals surface area contributed by atoms with E-state index in [0.29, 0.717) is 62.3 Å². The van der Waals surface area contributed by atoms with Gasteiger partial charge < -0.3 is 55.5 Å². The fraction of sp³-hybridized carbons (Fsp3) is 0.330. The normalized spacial score (nSPS) is 12.8. The molecule has 18 nitrogen and oxygen atoms in total. The maximum absolute atomic E-state index is 14.1. The first kappa shape index (κ1) is 108. The van der Waals surface area contributed by atoms with Gasteiger partial charge in [0.2, 0.25) is 0 Å². The predicted octanol–water partition coefficient (Wildman–Crippen LogP) is 21.1. The second kappa shape index (κ2) is 52.8. The van der Waals surface area contributed by atoms with E-state index in [2.05, 4.69) is 101 Å². The van der Waals surface area contributed by atoms with Gasteiger partial charge in [-0.25, -0.2) is 31.5 Å². The molecule has 0 saturated heterocycles. The van der Waals surface area contributed by atoms with Crippen molar-refractivity contribution in [3.8, 4) is 0 Å². The molecule has 10 rings (SSSR count). The zero-order valence-corrected chi connectivity index (χ0v) is 80.6. The van der Waals surface area contributed by atoms with E-state index in [9.17, 15) is 51.0 Å². The quantitative estimate of drug-likeness (QED) is 0.00818. The number of aliphatic carboxylic acids is 2. The number of carboxylic acids is 2. The lowest BCUT2D eigenvalue weighted by Gasteiger charge is -2.38. The number of ether oxygens (including phenoxy) is 4. The van der Waals surface area contributed by atoms with E-state index in [1.54, 1.807) is 84.6 Å². The maximum Gasteiger partial charge on any atom is 0.332 e. The summed E-state index contributed by atoms with van der Waals surface area (Å²) in [7, 11) is 1.74. The number of alkyl halides is 1. The highest BCUT2D eigenvalue weighted by Crippen LogP contribution is 2.28. The van der Waals surface area contributed by atoms with E-state index >= 15 is 0 Å². The standard InChI is InChI=1S/C26H25BrFNO2.C19H21NO2.C13H17BrFNO2.C11H20BO3.C9H9BrFNO2.C9H8BrFO3.C7H5Br2F/c1-26(2,3)31-25(30)23(17-18-14-15-21(27)22(28)16-18)29-24(19-10-6-4-7-11-19)20-12-8-5-9-13-20;1-19(2,3)22-17(21)14-20-18(15-10-6-4-7-11-15)16-12-8-5-9-13-16;1-13(2,3)18-12(17)11(16)7-8-4-5-9(14)10(15)6-8;1-10(2,13)11(3,4)15-12-9-5-7-14-8-6-9;2*10-6-2-1-5(3-7(6)11)4-8(12)9(13)14;8-4-5-1-2-6(9)7(10)3-5/h4-16,23H,17H2,1-3H3;4-13H,14H2,1-3H3;4-6,11H,7,16H2,1-3H3;5,13H,6-8H2,1-4H3;1-3,8H,4,12H2,(H,13,14);1-3,8,12H,4H2,(H,13,14);1-3H,4H2/t23-;;11-;;2*8-;/m0.0.00./s1. The molecule has 1 radical (unpaired) electrons. The largest absolute Gasteiger partial charge is 0.480 e. The van der Waals surface area contributed by atoms with Crippen LogP contribution < -0.4 is 11.5 Å². The Morgan fingerprint density at radius 1 is 0.460 bits per heavy atom. The number of halogens is 11. The Morgan fingerprint density at radius 2 is 0.798 bits per heavy atom. The number of hydrogen-bond donors (Lipinski definition) is 6. The van der Waals surface area contributed by atoms with Crippen molar-refractivity contribution >= 4 is 144 Å². The average molecular weight is 2100 g/mol. The molecule has 1 aliphatic heterocycles. The number of aliphatic hydroxyl groups is 2. The molecule has 0 amide bonds. The summed E-state index contributed by atoms with van der Waals surface area (Å²) in [5.41, 5.74) is 17.5. The molecular formula is C94H105BBr6F5N4O14. The van der Waals surface area contributed by atoms with Crippen LogP contribution in [0.4, 0.5) is 22.0 Å². The van der Waals surface area contributed by atoms with Gasteiger partial charge in [-0.3, -0.25) is 24.4 Å². The molecule has 0 spiro atoms. The molecule has 30 heteroatoms. The van der Waals surface area contributed by atoms with Crippen LogP contribution in [0.25, 0.3) is 0 Å². The van der Waals surface area contributed by atoms with Crippen molar-refractivity contribution in [1.29, 1.82) is 0 Å². The number of rotatable bonds is 24. The molecule has 665 valence electrons. The van der Waals surface area contributed by atoms with Crippen molar-refractivity contribution in [1.82, 2.24) is 0 Å². The Balaban J connectivity index is 0.000000312. The zero-order valence-electron chi connectivity index (χ0n) is 71.1. The second-order valence-electron chi connectivity index (χ2n) is 31.8. The van der Waals surface area contributed by atoms with E-state index in [-0.39, 0.29) is 55.6 Å². The molecule has 9 aromatic rings. The first-order chi connectivity index (χ1) is 57.9. The summed E-state index contributed by atoms with van der Waals surface area (Å²) in [6, 6.07) is 59.7. The molecule has 0 aliphatic carbocycles. The van der Waals surface area contributed by atoms with Crippen LogP contribution in [0.3, 0.4) is 0 Å². The van der Waals surface area contributed by atoms with Gasteiger partial charge in [-0.1, -0.05) is 179 Å². The minimum absolute atomic E-state index is 0.0103. The van der Waals surface area contributed by atoms with Gasteiger partial charge in [0.15, 0.2) is 12.1 Å². The summed E-state index contributed by atoms with van der Waals surface area (Å²) in [5, 5.41) is 36.5. The van der Waals surface area contributed by atoms with Gasteiger partial charge in [0.1, 0.15) is 64.5 Å². The number of nitrogens with zero attached hydrogens (tertiary/aromatic N) is 2. The Bertz CT molecular complexity index is 4850. The lowest BCUT2D eigenvalue weighted by Crippen LogP contribution is -2.48. The number of aliphatic hydroxyl groups excluding tert-OH is 1. The van der Waals surface area contributed by atoms with Crippen LogP contribution in [-0.4, -0.2) is 141 Å². The summed E-state index contributed by atoms with van der Waals surface area (Å²) in [6.45, 7) is 25.0. The Hall–Kier alpha value is -8.24. The van der Waals surface area contributed by atoms with Gasteiger partial charge in [0.05, 0.1) is 51.6 Å². The molecule has 4 atom stereocenters. The molecule has 0 bridgehead atoms. The van der Waals surface area contributed by atoms with Crippen molar-refractivity contribution in [3.05, 3.63) is 325 Å². The highest BCUT2D eigenvalue weighted by atomic mass is 79.9. The highest BCUT2D eigenvalue weighted by molar-refractivity contribution is 9.11. The van der Waals surface area contributed by atoms with Gasteiger partial charge in [0.25, 0.3) is 0 Å². The second-order valence-corrected chi connectivity index (χ2v) is 36.6. The summed E-state index contributed by atoms with van der Waals surface area (Å²) < 4.78 is 94.9. The number of hydrogen-bond acceptors (Lipinski definition) is 16. The van der Waals surface area contributed by atoms with Crippen molar-refractivity contribution in [2.75, 3.05) is 19.8 Å². The van der Waals surface area contributed by atoms with Crippen molar-refractivity contribution in [3.63, 3.8) is 0 Å². The lowest BCUT2D eigenvalue weighted by atomic mass is 9.80. The fourth-order valence-electron chi connectivity index (χ4n) is 10.2. The zero-order chi connectivity index (χ0) is 92.9. The molecule has 0 fully saturated rings. The SMILES string of the molecule is CC(C)(C)OC(=O)CN=C(c1ccccc1)c1ccccc1.CC(C)(C)OC(=O)[C@@H](N)Cc1ccc(Br)c(F)c1.CC(C)(C)OC(=O)[C@H](Cc1ccc(Br)c(F)c1)N=C(c1ccccc1)c1ccccc1.CC(C)(O)C(C)(C)O[B]C1=CCOCC1.Fc1cc(CBr)ccc1Br.N[C@@H](Cc1ccc(Br)c(F)c1)C(=O)O.O=C(O)[C@@H](O)Cc1ccc(Br)c(F)c1. The average Bonchev–Trinajstić information content (AvgIpc) is 0.825. The summed E-state index contributed by atoms with van der Waals surface area (Å²) in [5.74, 6) is -5.50. The first-order valence-corrected chi connectivity index (χ1v) is 44.0. The fourth-order valence-corrected chi connectivity index (χ4v) is 11.8. The van der Waals surface area contributed by atoms with E-state index in [1.165, 1.54) is 42.5 Å². The number of nitrogens with two attached hydrogens (primary N) is 2. The highest BCUT2D eigenvalue weighted by Gasteiger charge is 2.36. The molecule has 1 heterocycles. The number of aliphatic imine (C=N–C) groups is 2. The molecular weight excluding hydrogens is 1990 g/mol. The van der Waals surface area contributed by atoms with E-state index in [1.807, 2.05) is 189 Å². The van der Waals surface area contributed by atoms with Crippen LogP contribution in [0.5, 0.6) is 0 Å². The Morgan fingerprint density at radius 3 is 1.13 bits per heavy atom. The molecule has 9 aromatic carbocycles. The van der Waals surface area contributed by atoms with Crippen molar-refractivity contribution in [2.24, 2.45) is 21.5 Å². The topological polar surface area (TPSA) is 289 Å². The summed E-state index contributed by atoms with van der Waals surface area (Å²) in [4.78, 5) is 66.7. The molecule has 1 aliphatic rings. The van der Waals surface area contributed by atoms with Crippen LogP contribution in [0.2, 0.25) is 0 Å². The first-order valence-electron chi connectivity index (χ1n) is 38.9. The van der Waals surface area contributed by atoms with Crippen LogP contribution in [0, 0.1) is 29.1 Å². The van der Waals surface area contributed by atoms with Crippen LogP contribution >= 0.6 is 95.6 Å². The van der Waals surface area contributed by atoms with Crippen LogP contribution in [-0.2, 0) is 78.6 Å². The lowest BCUT2D eigenvalue weighted by molar-refractivity contribution is -0.157. The molecule has 0 saturated carbocycles. The Labute approximate surface area is 774 Å². The van der Waals surface area contributed by atoms with Gasteiger partial charge in [-0.15, -0.1) is 0 Å². The number of carbonyl (C=O) groups is 5. The van der Waals surface area contributed by atoms with E-state index in [0.717, 1.165) is 52.0 Å². The Kier molecular flexibility index (Phi) is 46.0. The minimum Gasteiger partial charge on any atom is -0.480 e. The van der Waals surface area contributed by atoms with Crippen LogP contribution in [0.15, 0.2) is 256 Å². The van der Waals surface area contributed by atoms with Crippen LogP contribution in [0.1, 0.15) is 147 Å².